The molecule has 2 atom stereocenters. The van der Waals surface area contributed by atoms with Crippen molar-refractivity contribution in [3.05, 3.63) is 82.0 Å². The molecule has 2 aliphatic rings. The number of fused-ring (bicyclic) bond motifs is 1. The number of hydrogen-bond acceptors (Lipinski definition) is 5. The van der Waals surface area contributed by atoms with Crippen LogP contribution in [0.5, 0.6) is 0 Å². The number of carbonyl (C=O) groups excluding carboxylic acids is 1. The topological polar surface area (TPSA) is 59.8 Å². The van der Waals surface area contributed by atoms with Crippen LogP contribution in [-0.2, 0) is 4.79 Å². The van der Waals surface area contributed by atoms with Crippen LogP contribution < -0.4 is 5.32 Å². The number of hydrogen-bond donors (Lipinski definition) is 1. The number of nitrogens with one attached hydrogen (secondary N) is 1. The van der Waals surface area contributed by atoms with Crippen LogP contribution in [0.25, 0.3) is 6.08 Å². The molecule has 0 saturated carbocycles. The van der Waals surface area contributed by atoms with Crippen molar-refractivity contribution in [1.82, 2.24) is 14.8 Å². The summed E-state index contributed by atoms with van der Waals surface area (Å²) in [4.78, 5) is 18.5. The van der Waals surface area contributed by atoms with E-state index in [0.29, 0.717) is 12.4 Å². The maximum absolute atomic E-state index is 13.1. The third-order valence-electron chi connectivity index (χ3n) is 5.07. The summed E-state index contributed by atoms with van der Waals surface area (Å²) in [6, 6.07) is 14.1. The minimum absolute atomic E-state index is 0.176. The highest BCUT2D eigenvalue weighted by Gasteiger charge is 2.38. The monoisotopic (exact) mass is 374 g/mol. The van der Waals surface area contributed by atoms with Gasteiger partial charge in [0.1, 0.15) is 12.4 Å². The van der Waals surface area contributed by atoms with Gasteiger partial charge in [0.25, 0.3) is 0 Å². The largest absolute Gasteiger partial charge is 0.328 e. The van der Waals surface area contributed by atoms with E-state index in [9.17, 15) is 4.79 Å². The first-order valence-corrected chi connectivity index (χ1v) is 9.87. The molecule has 5 nitrogen and oxygen atoms in total. The fourth-order valence-corrected chi connectivity index (χ4v) is 4.66. The summed E-state index contributed by atoms with van der Waals surface area (Å²) in [5, 5.41) is 9.75. The van der Waals surface area contributed by atoms with E-state index in [0.717, 1.165) is 28.1 Å². The summed E-state index contributed by atoms with van der Waals surface area (Å²) < 4.78 is 1.82. The van der Waals surface area contributed by atoms with Crippen molar-refractivity contribution in [2.75, 3.05) is 5.32 Å². The van der Waals surface area contributed by atoms with Gasteiger partial charge in [0.2, 0.25) is 5.95 Å². The molecule has 0 bridgehead atoms. The van der Waals surface area contributed by atoms with Crippen molar-refractivity contribution in [1.29, 1.82) is 0 Å². The summed E-state index contributed by atoms with van der Waals surface area (Å²) in [7, 11) is 0. The second-order valence-corrected chi connectivity index (χ2v) is 7.80. The van der Waals surface area contributed by atoms with E-state index < -0.39 is 0 Å². The molecule has 1 aliphatic heterocycles. The van der Waals surface area contributed by atoms with Crippen LogP contribution in [0.3, 0.4) is 0 Å². The smallest absolute Gasteiger partial charge is 0.226 e. The van der Waals surface area contributed by atoms with Crippen LogP contribution in [-0.4, -0.2) is 20.5 Å². The molecule has 0 saturated heterocycles. The van der Waals surface area contributed by atoms with E-state index >= 15 is 0 Å². The number of thiophene rings is 1. The molecule has 3 aromatic rings. The van der Waals surface area contributed by atoms with Crippen LogP contribution in [0.4, 0.5) is 5.95 Å². The normalized spacial score (nSPS) is 21.9. The molecule has 0 spiro atoms. The fraction of sp³-hybridized carbons (Fsp3) is 0.190. The molecule has 1 aliphatic carbocycles. The van der Waals surface area contributed by atoms with Crippen molar-refractivity contribution in [3.8, 4) is 0 Å². The van der Waals surface area contributed by atoms with Gasteiger partial charge in [0.15, 0.2) is 5.78 Å². The lowest BCUT2D eigenvalue weighted by atomic mass is 9.81. The Hall–Kier alpha value is -2.99. The van der Waals surface area contributed by atoms with E-state index in [-0.39, 0.29) is 17.7 Å². The summed E-state index contributed by atoms with van der Waals surface area (Å²) in [5.41, 5.74) is 2.96. The maximum atomic E-state index is 13.1. The molecule has 5 rings (SSSR count). The summed E-state index contributed by atoms with van der Waals surface area (Å²) in [6.07, 6.45) is 7.12. The zero-order valence-electron chi connectivity index (χ0n) is 14.6. The predicted molar refractivity (Wildman–Crippen MR) is 106 cm³/mol. The lowest BCUT2D eigenvalue weighted by molar-refractivity contribution is -0.117. The SMILES string of the molecule is O=C1C[C@@H](/C=C/c2ccccc2)CC2=C1[C@@H](c1cccs1)n1ncnc1N2. The Bertz CT molecular complexity index is 1030. The molecule has 1 aromatic carbocycles. The molecule has 0 amide bonds. The van der Waals surface area contributed by atoms with Crippen molar-refractivity contribution < 1.29 is 4.79 Å². The van der Waals surface area contributed by atoms with Crippen LogP contribution in [0.1, 0.15) is 29.3 Å². The van der Waals surface area contributed by atoms with Gasteiger partial charge in [-0.05, 0) is 29.3 Å². The van der Waals surface area contributed by atoms with Gasteiger partial charge in [-0.2, -0.15) is 10.1 Å². The Kier molecular flexibility index (Phi) is 3.98. The first kappa shape index (κ1) is 16.2. The van der Waals surface area contributed by atoms with Crippen LogP contribution in [0, 0.1) is 5.92 Å². The number of benzene rings is 1. The maximum Gasteiger partial charge on any atom is 0.226 e. The number of carbonyl (C=O) groups is 1. The third kappa shape index (κ3) is 2.92. The molecule has 0 radical (unpaired) electrons. The molecule has 27 heavy (non-hydrogen) atoms. The van der Waals surface area contributed by atoms with Crippen molar-refractivity contribution in [3.63, 3.8) is 0 Å². The second-order valence-electron chi connectivity index (χ2n) is 6.82. The zero-order chi connectivity index (χ0) is 18.2. The van der Waals surface area contributed by atoms with Crippen molar-refractivity contribution >= 4 is 29.1 Å². The van der Waals surface area contributed by atoms with Crippen LogP contribution in [0.15, 0.2) is 71.5 Å². The van der Waals surface area contributed by atoms with Crippen molar-refractivity contribution in [2.24, 2.45) is 5.92 Å². The zero-order valence-corrected chi connectivity index (χ0v) is 15.4. The minimum atomic E-state index is -0.176. The lowest BCUT2D eigenvalue weighted by Gasteiger charge is -2.33. The van der Waals surface area contributed by atoms with Gasteiger partial charge in [-0.1, -0.05) is 48.6 Å². The van der Waals surface area contributed by atoms with E-state index in [1.54, 1.807) is 17.7 Å². The highest BCUT2D eigenvalue weighted by molar-refractivity contribution is 7.10. The third-order valence-corrected chi connectivity index (χ3v) is 5.99. The van der Waals surface area contributed by atoms with Gasteiger partial charge >= 0.3 is 0 Å². The molecule has 2 aromatic heterocycles. The summed E-state index contributed by atoms with van der Waals surface area (Å²) in [6.45, 7) is 0. The Labute approximate surface area is 161 Å². The fourth-order valence-electron chi connectivity index (χ4n) is 3.84. The molecule has 0 fully saturated rings. The van der Waals surface area contributed by atoms with Crippen molar-refractivity contribution in [2.45, 2.75) is 18.9 Å². The standard InChI is InChI=1S/C21H18N4OS/c26-17-12-15(9-8-14-5-2-1-3-6-14)11-16-19(17)20(18-7-4-10-27-18)25-21(24-16)22-13-23-25/h1-10,13,15,20H,11-12H2,(H,22,23,24)/b9-8+/t15-,20+/m0/s1. The first-order valence-electron chi connectivity index (χ1n) is 8.99. The Balaban J connectivity index is 1.49. The molecule has 3 heterocycles. The number of Topliss-reactive ketones (excluding diaryl/α,β-unsaturated/α-hetero) is 1. The average molecular weight is 374 g/mol. The second kappa shape index (κ2) is 6.63. The lowest BCUT2D eigenvalue weighted by Crippen LogP contribution is -2.33. The Morgan fingerprint density at radius 2 is 2.04 bits per heavy atom. The average Bonchev–Trinajstić information content (AvgIpc) is 3.37. The predicted octanol–water partition coefficient (Wildman–Crippen LogP) is 4.30. The van der Waals surface area contributed by atoms with E-state index in [1.807, 2.05) is 34.3 Å². The first-order chi connectivity index (χ1) is 13.3. The number of allylic oxidation sites excluding steroid dienone is 3. The number of ketones is 1. The molecular formula is C21H18N4OS. The van der Waals surface area contributed by atoms with Gasteiger partial charge in [-0.15, -0.1) is 11.3 Å². The summed E-state index contributed by atoms with van der Waals surface area (Å²) >= 11 is 1.65. The van der Waals surface area contributed by atoms with E-state index in [1.165, 1.54) is 0 Å². The van der Waals surface area contributed by atoms with Gasteiger partial charge < -0.3 is 5.32 Å². The number of anilines is 1. The highest BCUT2D eigenvalue weighted by atomic mass is 32.1. The molecular weight excluding hydrogens is 356 g/mol. The van der Waals surface area contributed by atoms with Gasteiger partial charge in [-0.3, -0.25) is 4.79 Å². The number of nitrogens with zero attached hydrogens (tertiary/aromatic N) is 3. The van der Waals surface area contributed by atoms with Crippen LogP contribution in [0.2, 0.25) is 0 Å². The molecule has 6 heteroatoms. The van der Waals surface area contributed by atoms with E-state index in [2.05, 4.69) is 45.8 Å². The van der Waals surface area contributed by atoms with Crippen LogP contribution >= 0.6 is 11.3 Å². The summed E-state index contributed by atoms with van der Waals surface area (Å²) in [5.74, 6) is 1.07. The Morgan fingerprint density at radius 1 is 1.15 bits per heavy atom. The van der Waals surface area contributed by atoms with Gasteiger partial charge in [-0.25, -0.2) is 4.68 Å². The minimum Gasteiger partial charge on any atom is -0.328 e. The quantitative estimate of drug-likeness (QED) is 0.742. The van der Waals surface area contributed by atoms with Gasteiger partial charge in [0.05, 0.1) is 0 Å². The number of aromatic nitrogens is 3. The van der Waals surface area contributed by atoms with Gasteiger partial charge in [0, 0.05) is 22.6 Å². The molecule has 1 N–H and O–H groups in total. The Morgan fingerprint density at radius 3 is 2.85 bits per heavy atom. The number of rotatable bonds is 3. The van der Waals surface area contributed by atoms with E-state index in [4.69, 9.17) is 0 Å². The highest BCUT2D eigenvalue weighted by Crippen LogP contribution is 2.42. The molecule has 134 valence electrons. The molecule has 0 unspecified atom stereocenters.